The van der Waals surface area contributed by atoms with Crippen LogP contribution < -0.4 is 0 Å². The summed E-state index contributed by atoms with van der Waals surface area (Å²) in [5.74, 6) is -1.20. The van der Waals surface area contributed by atoms with Crippen molar-refractivity contribution in [2.24, 2.45) is 0 Å². The number of nitrogens with zero attached hydrogens (tertiary/aromatic N) is 2. The molecule has 1 aliphatic heterocycles. The van der Waals surface area contributed by atoms with E-state index in [4.69, 9.17) is 5.26 Å². The fourth-order valence-electron chi connectivity index (χ4n) is 2.25. The van der Waals surface area contributed by atoms with E-state index in [0.29, 0.717) is 0 Å². The van der Waals surface area contributed by atoms with Gasteiger partial charge >= 0.3 is 5.97 Å². The molecule has 2 rings (SSSR count). The van der Waals surface area contributed by atoms with E-state index in [1.54, 1.807) is 30.3 Å². The lowest BCUT2D eigenvalue weighted by Crippen LogP contribution is -2.50. The monoisotopic (exact) mass is 294 g/mol. The number of benzene rings is 1. The number of hydrogen-bond donors (Lipinski definition) is 1. The van der Waals surface area contributed by atoms with E-state index in [0.717, 1.165) is 15.4 Å². The zero-order chi connectivity index (χ0) is 14.9. The molecule has 2 unspecified atom stereocenters. The van der Waals surface area contributed by atoms with Gasteiger partial charge in [-0.2, -0.15) is 9.57 Å². The third-order valence-corrected chi connectivity index (χ3v) is 5.48. The number of sulfonamides is 1. The summed E-state index contributed by atoms with van der Waals surface area (Å²) in [5.41, 5.74) is 1.61. The molecule has 1 aromatic rings. The Hall–Kier alpha value is -1.91. The number of rotatable bonds is 3. The normalized spacial score (nSPS) is 20.7. The van der Waals surface area contributed by atoms with Crippen LogP contribution in [0.2, 0.25) is 0 Å². The van der Waals surface area contributed by atoms with Crippen molar-refractivity contribution in [2.45, 2.75) is 31.2 Å². The van der Waals surface area contributed by atoms with Gasteiger partial charge in [-0.1, -0.05) is 24.3 Å². The van der Waals surface area contributed by atoms with Gasteiger partial charge in [0.2, 0.25) is 10.0 Å². The molecule has 0 saturated heterocycles. The van der Waals surface area contributed by atoms with Crippen LogP contribution in [0.25, 0.3) is 0 Å². The molecule has 1 aliphatic rings. The third-order valence-electron chi connectivity index (χ3n) is 3.45. The molecular weight excluding hydrogens is 280 g/mol. The van der Waals surface area contributed by atoms with Crippen LogP contribution in [-0.2, 0) is 27.8 Å². The fraction of sp³-hybridized carbons (Fsp3) is 0.385. The van der Waals surface area contributed by atoms with Crippen molar-refractivity contribution in [3.05, 3.63) is 35.4 Å². The molecule has 0 fully saturated rings. The summed E-state index contributed by atoms with van der Waals surface area (Å²) in [6, 6.07) is 7.64. The van der Waals surface area contributed by atoms with E-state index in [1.807, 2.05) is 0 Å². The minimum absolute atomic E-state index is 0.0124. The Morgan fingerprint density at radius 2 is 2.05 bits per heavy atom. The summed E-state index contributed by atoms with van der Waals surface area (Å²) < 4.78 is 25.5. The van der Waals surface area contributed by atoms with Crippen molar-refractivity contribution in [3.63, 3.8) is 0 Å². The summed E-state index contributed by atoms with van der Waals surface area (Å²) in [5, 5.41) is 16.8. The molecule has 0 aliphatic carbocycles. The first-order chi connectivity index (χ1) is 9.37. The first-order valence-corrected chi connectivity index (χ1v) is 7.58. The Bertz CT molecular complexity index is 678. The topological polar surface area (TPSA) is 98.5 Å². The van der Waals surface area contributed by atoms with Gasteiger partial charge in [-0.15, -0.1) is 0 Å². The van der Waals surface area contributed by atoms with Crippen molar-refractivity contribution in [1.82, 2.24) is 4.31 Å². The second-order valence-electron chi connectivity index (χ2n) is 4.69. The molecule has 1 heterocycles. The second kappa shape index (κ2) is 5.23. The van der Waals surface area contributed by atoms with Crippen molar-refractivity contribution >= 4 is 16.0 Å². The minimum atomic E-state index is -3.96. The lowest BCUT2D eigenvalue weighted by atomic mass is 9.96. The number of hydrogen-bond acceptors (Lipinski definition) is 4. The van der Waals surface area contributed by atoms with Crippen LogP contribution >= 0.6 is 0 Å². The van der Waals surface area contributed by atoms with E-state index >= 15 is 0 Å². The Kier molecular flexibility index (Phi) is 3.79. The van der Waals surface area contributed by atoms with Crippen LogP contribution in [-0.4, -0.2) is 35.1 Å². The molecule has 106 valence electrons. The first kappa shape index (κ1) is 14.5. The zero-order valence-corrected chi connectivity index (χ0v) is 11.7. The molecule has 0 radical (unpaired) electrons. The van der Waals surface area contributed by atoms with Gasteiger partial charge < -0.3 is 5.11 Å². The molecule has 7 heteroatoms. The molecule has 0 bridgehead atoms. The van der Waals surface area contributed by atoms with Crippen LogP contribution in [0.3, 0.4) is 0 Å². The quantitative estimate of drug-likeness (QED) is 0.886. The molecule has 0 saturated carbocycles. The van der Waals surface area contributed by atoms with E-state index in [-0.39, 0.29) is 13.0 Å². The van der Waals surface area contributed by atoms with Crippen molar-refractivity contribution in [1.29, 1.82) is 5.26 Å². The van der Waals surface area contributed by atoms with Crippen LogP contribution in [0.1, 0.15) is 18.1 Å². The van der Waals surface area contributed by atoms with Crippen LogP contribution in [0, 0.1) is 11.3 Å². The van der Waals surface area contributed by atoms with Gasteiger partial charge in [0, 0.05) is 13.0 Å². The Balaban J connectivity index is 2.47. The molecule has 1 aromatic carbocycles. The fourth-order valence-corrected chi connectivity index (χ4v) is 3.62. The molecule has 0 aromatic heterocycles. The minimum Gasteiger partial charge on any atom is -0.480 e. The zero-order valence-electron chi connectivity index (χ0n) is 10.9. The number of carboxylic acid groups (broad SMARTS) is 1. The van der Waals surface area contributed by atoms with Crippen LogP contribution in [0.15, 0.2) is 24.3 Å². The number of nitriles is 1. The van der Waals surface area contributed by atoms with Crippen molar-refractivity contribution < 1.29 is 18.3 Å². The van der Waals surface area contributed by atoms with Gasteiger partial charge in [-0.3, -0.25) is 4.79 Å². The van der Waals surface area contributed by atoms with E-state index in [9.17, 15) is 18.3 Å². The van der Waals surface area contributed by atoms with E-state index < -0.39 is 27.3 Å². The van der Waals surface area contributed by atoms with Gasteiger partial charge in [0.05, 0.1) is 6.07 Å². The van der Waals surface area contributed by atoms with Crippen molar-refractivity contribution in [3.8, 4) is 6.07 Å². The highest BCUT2D eigenvalue weighted by molar-refractivity contribution is 7.90. The highest BCUT2D eigenvalue weighted by atomic mass is 32.2. The highest BCUT2D eigenvalue weighted by Gasteiger charge is 2.41. The lowest BCUT2D eigenvalue weighted by Gasteiger charge is -2.34. The van der Waals surface area contributed by atoms with Crippen LogP contribution in [0.5, 0.6) is 0 Å². The Labute approximate surface area is 117 Å². The maximum atomic E-state index is 12.3. The number of carboxylic acids is 1. The van der Waals surface area contributed by atoms with E-state index in [2.05, 4.69) is 0 Å². The summed E-state index contributed by atoms with van der Waals surface area (Å²) in [4.78, 5) is 11.3. The summed E-state index contributed by atoms with van der Waals surface area (Å²) >= 11 is 0. The highest BCUT2D eigenvalue weighted by Crippen LogP contribution is 2.27. The molecule has 1 N–H and O–H groups in total. The Morgan fingerprint density at radius 3 is 2.60 bits per heavy atom. The van der Waals surface area contributed by atoms with Gasteiger partial charge in [0.15, 0.2) is 5.25 Å². The molecule has 2 atom stereocenters. The predicted molar refractivity (Wildman–Crippen MR) is 71.1 cm³/mol. The van der Waals surface area contributed by atoms with E-state index in [1.165, 1.54) is 6.92 Å². The molecular formula is C13H14N2O4S. The molecule has 0 amide bonds. The number of aliphatic carboxylic acids is 1. The predicted octanol–water partition coefficient (Wildman–Crippen LogP) is 0.740. The summed E-state index contributed by atoms with van der Waals surface area (Å²) in [7, 11) is -3.96. The number of fused-ring (bicyclic) bond motifs is 1. The van der Waals surface area contributed by atoms with Gasteiger partial charge in [0.25, 0.3) is 0 Å². The maximum Gasteiger partial charge on any atom is 0.322 e. The number of carbonyl (C=O) groups is 1. The average Bonchev–Trinajstić information content (AvgIpc) is 2.44. The molecule has 0 spiro atoms. The maximum absolute atomic E-state index is 12.3. The molecule has 6 nitrogen and oxygen atoms in total. The third kappa shape index (κ3) is 2.40. The smallest absolute Gasteiger partial charge is 0.322 e. The molecule has 20 heavy (non-hydrogen) atoms. The average molecular weight is 294 g/mol. The largest absolute Gasteiger partial charge is 0.480 e. The summed E-state index contributed by atoms with van der Waals surface area (Å²) in [6.45, 7) is 1.25. The van der Waals surface area contributed by atoms with Gasteiger partial charge in [-0.05, 0) is 18.1 Å². The second-order valence-corrected chi connectivity index (χ2v) is 6.89. The first-order valence-electron chi connectivity index (χ1n) is 6.07. The lowest BCUT2D eigenvalue weighted by molar-refractivity contribution is -0.141. The SMILES string of the molecule is CC(C#N)S(=O)(=O)N1Cc2ccccc2CC1C(=O)O. The van der Waals surface area contributed by atoms with Gasteiger partial charge in [0.1, 0.15) is 6.04 Å². The van der Waals surface area contributed by atoms with Crippen molar-refractivity contribution in [2.75, 3.05) is 0 Å². The van der Waals surface area contributed by atoms with Crippen LogP contribution in [0.4, 0.5) is 0 Å². The van der Waals surface area contributed by atoms with Gasteiger partial charge in [-0.25, -0.2) is 8.42 Å². The Morgan fingerprint density at radius 1 is 1.45 bits per heavy atom. The summed E-state index contributed by atoms with van der Waals surface area (Å²) in [6.07, 6.45) is 0.114. The standard InChI is InChI=1S/C13H14N2O4S/c1-9(7-14)20(18,19)15-8-11-5-3-2-4-10(11)6-12(15)13(16)17/h2-5,9,12H,6,8H2,1H3,(H,16,17).